The van der Waals surface area contributed by atoms with Gasteiger partial charge in [-0.15, -0.1) is 0 Å². The highest BCUT2D eigenvalue weighted by Crippen LogP contribution is 2.26. The first-order valence-corrected chi connectivity index (χ1v) is 11.6. The summed E-state index contributed by atoms with van der Waals surface area (Å²) in [5.41, 5.74) is 3.59. The van der Waals surface area contributed by atoms with E-state index >= 15 is 0 Å². The molecule has 0 unspecified atom stereocenters. The monoisotopic (exact) mass is 456 g/mol. The largest absolute Gasteiger partial charge is 0.486 e. The van der Waals surface area contributed by atoms with Gasteiger partial charge >= 0.3 is 5.56 Å². The molecule has 2 aromatic carbocycles. The molecule has 0 spiro atoms. The molecule has 1 saturated heterocycles. The van der Waals surface area contributed by atoms with Crippen molar-refractivity contribution in [3.8, 4) is 11.4 Å². The Morgan fingerprint density at radius 1 is 0.882 bits per heavy atom. The van der Waals surface area contributed by atoms with E-state index < -0.39 is 0 Å². The molecule has 0 bridgehead atoms. The molecule has 5 rings (SSSR count). The zero-order valence-electron chi connectivity index (χ0n) is 19.0. The van der Waals surface area contributed by atoms with E-state index in [4.69, 9.17) is 9.15 Å². The van der Waals surface area contributed by atoms with E-state index in [1.165, 1.54) is 15.8 Å². The summed E-state index contributed by atoms with van der Waals surface area (Å²) in [7, 11) is 0. The van der Waals surface area contributed by atoms with Crippen LogP contribution in [0.25, 0.3) is 5.69 Å². The zero-order valence-corrected chi connectivity index (χ0v) is 19.0. The van der Waals surface area contributed by atoms with Crippen LogP contribution in [0.5, 0.6) is 5.75 Å². The van der Waals surface area contributed by atoms with Gasteiger partial charge in [-0.1, -0.05) is 48.5 Å². The van der Waals surface area contributed by atoms with Gasteiger partial charge in [-0.3, -0.25) is 9.69 Å². The molecule has 0 atom stereocenters. The summed E-state index contributed by atoms with van der Waals surface area (Å²) in [5, 5.41) is 4.49. The fourth-order valence-corrected chi connectivity index (χ4v) is 4.25. The van der Waals surface area contributed by atoms with Crippen LogP contribution in [0.2, 0.25) is 0 Å². The van der Waals surface area contributed by atoms with Crippen molar-refractivity contribution in [1.82, 2.24) is 14.7 Å². The highest BCUT2D eigenvalue weighted by molar-refractivity contribution is 5.57. The number of nitrogens with zero attached hydrogens (tertiary/aromatic N) is 4. The van der Waals surface area contributed by atoms with Crippen LogP contribution in [0.15, 0.2) is 94.7 Å². The minimum Gasteiger partial charge on any atom is -0.486 e. The smallest absolute Gasteiger partial charge is 0.316 e. The summed E-state index contributed by atoms with van der Waals surface area (Å²) in [6.45, 7) is 4.64. The average molecular weight is 457 g/mol. The Bertz CT molecular complexity index is 1230. The van der Waals surface area contributed by atoms with E-state index in [0.29, 0.717) is 12.4 Å². The number of ether oxygens (including phenoxy) is 1. The molecule has 0 aliphatic carbocycles. The number of anilines is 1. The van der Waals surface area contributed by atoms with Gasteiger partial charge < -0.3 is 14.1 Å². The van der Waals surface area contributed by atoms with E-state index in [1.807, 2.05) is 54.6 Å². The molecule has 0 amide bonds. The molecule has 1 aliphatic rings. The lowest BCUT2D eigenvalue weighted by atomic mass is 10.2. The average Bonchev–Trinajstić information content (AvgIpc) is 3.40. The second-order valence-electron chi connectivity index (χ2n) is 8.39. The predicted octanol–water partition coefficient (Wildman–Crippen LogP) is 3.77. The van der Waals surface area contributed by atoms with Crippen LogP contribution in [0.1, 0.15) is 11.1 Å². The van der Waals surface area contributed by atoms with E-state index in [1.54, 1.807) is 18.7 Å². The summed E-state index contributed by atoms with van der Waals surface area (Å²) in [5.74, 6) is 0.359. The normalized spacial score (nSPS) is 14.3. The maximum atomic E-state index is 13.5. The van der Waals surface area contributed by atoms with Crippen molar-refractivity contribution in [3.05, 3.63) is 107 Å². The molecular formula is C27H28N4O3. The van der Waals surface area contributed by atoms with Crippen molar-refractivity contribution < 1.29 is 9.15 Å². The molecule has 34 heavy (non-hydrogen) atoms. The predicted molar refractivity (Wildman–Crippen MR) is 132 cm³/mol. The van der Waals surface area contributed by atoms with Crippen LogP contribution in [-0.4, -0.2) is 47.5 Å². The molecule has 3 heterocycles. The van der Waals surface area contributed by atoms with Crippen molar-refractivity contribution >= 4 is 5.69 Å². The van der Waals surface area contributed by atoms with Gasteiger partial charge in [-0.2, -0.15) is 9.78 Å². The van der Waals surface area contributed by atoms with Crippen molar-refractivity contribution in [1.29, 1.82) is 0 Å². The van der Waals surface area contributed by atoms with Gasteiger partial charge in [0.05, 0.1) is 31.0 Å². The van der Waals surface area contributed by atoms with Crippen LogP contribution in [-0.2, 0) is 13.0 Å². The van der Waals surface area contributed by atoms with Gasteiger partial charge in [0.2, 0.25) is 5.75 Å². The number of hydrogen-bond donors (Lipinski definition) is 0. The van der Waals surface area contributed by atoms with Gasteiger partial charge in [0.1, 0.15) is 5.69 Å². The van der Waals surface area contributed by atoms with Crippen LogP contribution >= 0.6 is 0 Å². The van der Waals surface area contributed by atoms with Crippen molar-refractivity contribution in [2.75, 3.05) is 37.7 Å². The molecule has 1 aliphatic heterocycles. The first kappa shape index (κ1) is 22.0. The Kier molecular flexibility index (Phi) is 6.72. The van der Waals surface area contributed by atoms with Crippen LogP contribution in [0, 0.1) is 0 Å². The van der Waals surface area contributed by atoms with Crippen LogP contribution < -0.4 is 15.2 Å². The second-order valence-corrected chi connectivity index (χ2v) is 8.39. The Balaban J connectivity index is 1.36. The Labute approximate surface area is 198 Å². The quantitative estimate of drug-likeness (QED) is 0.402. The van der Waals surface area contributed by atoms with Gasteiger partial charge in [-0.25, -0.2) is 0 Å². The van der Waals surface area contributed by atoms with Crippen LogP contribution in [0.3, 0.4) is 0 Å². The van der Waals surface area contributed by atoms with Crippen molar-refractivity contribution in [2.45, 2.75) is 13.0 Å². The molecular weight excluding hydrogens is 428 g/mol. The maximum absolute atomic E-state index is 13.5. The molecule has 7 nitrogen and oxygen atoms in total. The maximum Gasteiger partial charge on any atom is 0.316 e. The van der Waals surface area contributed by atoms with Gasteiger partial charge in [0.25, 0.3) is 0 Å². The number of rotatable bonds is 8. The van der Waals surface area contributed by atoms with Crippen molar-refractivity contribution in [3.63, 3.8) is 0 Å². The summed E-state index contributed by atoms with van der Waals surface area (Å²) in [4.78, 5) is 18.1. The first-order valence-electron chi connectivity index (χ1n) is 11.6. The highest BCUT2D eigenvalue weighted by atomic mass is 16.5. The third-order valence-electron chi connectivity index (χ3n) is 6.09. The third-order valence-corrected chi connectivity index (χ3v) is 6.09. The van der Waals surface area contributed by atoms with Crippen molar-refractivity contribution in [2.24, 2.45) is 0 Å². The molecule has 0 N–H and O–H groups in total. The molecule has 174 valence electrons. The van der Waals surface area contributed by atoms with Gasteiger partial charge in [0, 0.05) is 44.7 Å². The summed E-state index contributed by atoms with van der Waals surface area (Å²) < 4.78 is 12.8. The third kappa shape index (κ3) is 5.05. The molecule has 4 aromatic rings. The molecule has 7 heteroatoms. The number of para-hydroxylation sites is 1. The minimum atomic E-state index is -0.238. The molecule has 0 saturated carbocycles. The Morgan fingerprint density at radius 2 is 1.62 bits per heavy atom. The second kappa shape index (κ2) is 10.4. The van der Waals surface area contributed by atoms with E-state index in [9.17, 15) is 4.79 Å². The Hall–Kier alpha value is -3.84. The fraction of sp³-hybridized carbons (Fsp3) is 0.259. The van der Waals surface area contributed by atoms with E-state index in [-0.39, 0.29) is 5.56 Å². The lowest BCUT2D eigenvalue weighted by molar-refractivity contribution is 0.247. The molecule has 0 radical (unpaired) electrons. The SMILES string of the molecule is O=c1c(OCCc2ccccc2)c(N2CCN(Cc3ccoc3)CC2)cnn1-c1ccccc1. The fourth-order valence-electron chi connectivity index (χ4n) is 4.25. The van der Waals surface area contributed by atoms with Crippen LogP contribution in [0.4, 0.5) is 5.69 Å². The summed E-state index contributed by atoms with van der Waals surface area (Å²) in [6, 6.07) is 21.6. The first-order chi connectivity index (χ1) is 16.8. The van der Waals surface area contributed by atoms with E-state index in [0.717, 1.165) is 50.5 Å². The summed E-state index contributed by atoms with van der Waals surface area (Å²) in [6.07, 6.45) is 5.99. The standard InChI is InChI=1S/C27H28N4O3/c32-27-26(34-18-12-22-7-3-1-4-8-22)25(19-28-31(27)24-9-5-2-6-10-24)30-15-13-29(14-16-30)20-23-11-17-33-21-23/h1-11,17,19,21H,12-16,18,20H2. The Morgan fingerprint density at radius 3 is 2.32 bits per heavy atom. The number of aromatic nitrogens is 2. The lowest BCUT2D eigenvalue weighted by Gasteiger charge is -2.36. The lowest BCUT2D eigenvalue weighted by Crippen LogP contribution is -2.46. The minimum absolute atomic E-state index is 0.238. The molecule has 2 aromatic heterocycles. The molecule has 1 fully saturated rings. The number of furan rings is 1. The number of piperazine rings is 1. The number of hydrogen-bond acceptors (Lipinski definition) is 6. The zero-order chi connectivity index (χ0) is 23.2. The van der Waals surface area contributed by atoms with Gasteiger partial charge in [0.15, 0.2) is 0 Å². The van der Waals surface area contributed by atoms with Gasteiger partial charge in [-0.05, 0) is 23.8 Å². The van der Waals surface area contributed by atoms with E-state index in [2.05, 4.69) is 27.0 Å². The highest BCUT2D eigenvalue weighted by Gasteiger charge is 2.23. The number of benzene rings is 2. The summed E-state index contributed by atoms with van der Waals surface area (Å²) >= 11 is 0. The topological polar surface area (TPSA) is 63.7 Å².